The second-order valence-corrected chi connectivity index (χ2v) is 13.1. The summed E-state index contributed by atoms with van der Waals surface area (Å²) in [5, 5.41) is 30.2. The molecule has 11 nitrogen and oxygen atoms in total. The van der Waals surface area contributed by atoms with Gasteiger partial charge >= 0.3 is 7.12 Å². The molecule has 5 N–H and O–H groups in total. The van der Waals surface area contributed by atoms with E-state index in [1.54, 1.807) is 37.6 Å². The van der Waals surface area contributed by atoms with E-state index in [0.717, 1.165) is 5.56 Å². The van der Waals surface area contributed by atoms with E-state index in [1.807, 2.05) is 92.6 Å². The topological polar surface area (TPSA) is 153 Å². The summed E-state index contributed by atoms with van der Waals surface area (Å²) in [7, 11) is 3.22. The number of aromatic nitrogens is 1. The van der Waals surface area contributed by atoms with E-state index in [0.29, 0.717) is 11.4 Å². The number of carbonyl (C=O) groups excluding carboxylic acids is 3. The quantitative estimate of drug-likeness (QED) is 0.0912. The Bertz CT molecular complexity index is 1200. The number of nitrogens with zero attached hydrogens (tertiary/aromatic N) is 2. The Labute approximate surface area is 320 Å². The van der Waals surface area contributed by atoms with Gasteiger partial charge in [0.2, 0.25) is 11.8 Å². The number of rotatable bonds is 17. The van der Waals surface area contributed by atoms with Crippen molar-refractivity contribution in [2.45, 2.75) is 126 Å². The Morgan fingerprint density at radius 3 is 1.98 bits per heavy atom. The summed E-state index contributed by atoms with van der Waals surface area (Å²) in [5.41, 5.74) is 0.993. The normalized spacial score (nSPS) is 12.3. The molecule has 4 atom stereocenters. The van der Waals surface area contributed by atoms with Gasteiger partial charge in [-0.3, -0.25) is 14.4 Å². The molecule has 52 heavy (non-hydrogen) atoms. The summed E-state index contributed by atoms with van der Waals surface area (Å²) < 4.78 is 5.73. The molecule has 0 fully saturated rings. The van der Waals surface area contributed by atoms with E-state index < -0.39 is 31.1 Å². The van der Waals surface area contributed by atoms with Crippen molar-refractivity contribution in [1.82, 2.24) is 25.8 Å². The number of allylic oxidation sites excluding steroid dienone is 1. The molecule has 13 heteroatoms. The fourth-order valence-electron chi connectivity index (χ4n) is 4.63. The summed E-state index contributed by atoms with van der Waals surface area (Å²) in [5.74, 6) is -1.74. The maximum atomic E-state index is 13.0. The van der Waals surface area contributed by atoms with Crippen LogP contribution in [0.3, 0.4) is 0 Å². The number of nitrogens with one attached hydrogen (secondary N) is 3. The Kier molecular flexibility index (Phi) is 33.3. The third kappa shape index (κ3) is 21.4. The van der Waals surface area contributed by atoms with Crippen molar-refractivity contribution in [3.8, 4) is 0 Å². The van der Waals surface area contributed by atoms with Crippen molar-refractivity contribution in [1.29, 1.82) is 0 Å². The van der Waals surface area contributed by atoms with Gasteiger partial charge < -0.3 is 35.6 Å². The highest BCUT2D eigenvalue weighted by atomic mass is 32.1. The summed E-state index contributed by atoms with van der Waals surface area (Å²) in [6.07, 6.45) is 4.57. The van der Waals surface area contributed by atoms with Crippen LogP contribution in [0, 0.1) is 11.8 Å². The van der Waals surface area contributed by atoms with Crippen molar-refractivity contribution in [2.24, 2.45) is 11.8 Å². The van der Waals surface area contributed by atoms with E-state index in [1.165, 1.54) is 24.2 Å². The van der Waals surface area contributed by atoms with Gasteiger partial charge in [-0.15, -0.1) is 17.9 Å². The van der Waals surface area contributed by atoms with E-state index in [9.17, 15) is 24.4 Å². The monoisotopic (exact) mass is 750 g/mol. The van der Waals surface area contributed by atoms with E-state index >= 15 is 0 Å². The maximum Gasteiger partial charge on any atom is 0.475 e. The van der Waals surface area contributed by atoms with Gasteiger partial charge in [-0.05, 0) is 37.8 Å². The van der Waals surface area contributed by atoms with E-state index in [-0.39, 0.29) is 48.4 Å². The summed E-state index contributed by atoms with van der Waals surface area (Å²) in [4.78, 5) is 44.5. The molecule has 1 heterocycles. The number of hydrogen-bond acceptors (Lipinski definition) is 9. The van der Waals surface area contributed by atoms with Crippen LogP contribution in [-0.4, -0.2) is 90.5 Å². The second-order valence-electron chi connectivity index (χ2n) is 12.2. The van der Waals surface area contributed by atoms with Gasteiger partial charge in [-0.2, -0.15) is 0 Å². The first-order valence-corrected chi connectivity index (χ1v) is 19.6. The zero-order chi connectivity index (χ0) is 40.8. The molecule has 1 aromatic heterocycles. The van der Waals surface area contributed by atoms with E-state index in [4.69, 9.17) is 4.74 Å². The molecule has 2 rings (SSSR count). The average molecular weight is 750 g/mol. The van der Waals surface area contributed by atoms with Crippen LogP contribution in [0.15, 0.2) is 48.4 Å². The van der Waals surface area contributed by atoms with Crippen LogP contribution >= 0.6 is 11.3 Å². The lowest BCUT2D eigenvalue weighted by Crippen LogP contribution is -2.50. The summed E-state index contributed by atoms with van der Waals surface area (Å²) in [6.45, 7) is 25.4. The van der Waals surface area contributed by atoms with Crippen molar-refractivity contribution in [3.05, 3.63) is 64.6 Å². The fraction of sp³-hybridized carbons (Fsp3) is 0.641. The number of thiazole rings is 1. The molecule has 0 saturated heterocycles. The van der Waals surface area contributed by atoms with Crippen LogP contribution in [0.5, 0.6) is 0 Å². The predicted molar refractivity (Wildman–Crippen MR) is 219 cm³/mol. The van der Waals surface area contributed by atoms with Crippen molar-refractivity contribution in [2.75, 3.05) is 27.7 Å². The van der Waals surface area contributed by atoms with Gasteiger partial charge in [0.1, 0.15) is 16.8 Å². The lowest BCUT2D eigenvalue weighted by molar-refractivity contribution is -0.135. The van der Waals surface area contributed by atoms with Crippen LogP contribution in [0.1, 0.15) is 123 Å². The smallest absolute Gasteiger partial charge is 0.426 e. The highest BCUT2D eigenvalue weighted by Crippen LogP contribution is 2.29. The first-order chi connectivity index (χ1) is 24.7. The summed E-state index contributed by atoms with van der Waals surface area (Å²) in [6, 6.07) is 8.61. The van der Waals surface area contributed by atoms with Crippen LogP contribution in [0.4, 0.5) is 0 Å². The number of amides is 3. The number of benzene rings is 1. The molecule has 3 unspecified atom stereocenters. The van der Waals surface area contributed by atoms with Gasteiger partial charge in [-0.1, -0.05) is 118 Å². The second kappa shape index (κ2) is 32.5. The molecule has 0 bridgehead atoms. The van der Waals surface area contributed by atoms with Crippen LogP contribution in [0.2, 0.25) is 0 Å². The standard InChI is InChI=1S/C28H44BN5O6S.C4H10.C3H6.2C2H6/c1-17(2)21(34(6)24(35)15-31-27(37)25(30-5)18(3)4)14-22(40-7)28-32-20(16-41-28)26(36)33-23(29(38)39)13-19-11-9-8-10-12-19;1-3-4-2;1-3-2;2*1-2/h8-12,16-18,21-23,25,30,38-39H,13-15H2,1-7H3,(H,31,37)(H,33,36);3-4H2,1-2H3;3H,1H2,2H3;2*1-2H3/t21?,22?,23-,25?;;;;/m0..../s1. The van der Waals surface area contributed by atoms with Crippen LogP contribution < -0.4 is 16.0 Å². The molecule has 0 saturated carbocycles. The zero-order valence-electron chi connectivity index (χ0n) is 34.7. The Balaban J connectivity index is -0.00000194. The molecule has 1 aromatic carbocycles. The largest absolute Gasteiger partial charge is 0.475 e. The molecule has 298 valence electrons. The molecule has 0 spiro atoms. The minimum Gasteiger partial charge on any atom is -0.426 e. The number of methoxy groups -OCH3 is 1. The van der Waals surface area contributed by atoms with Crippen LogP contribution in [0.25, 0.3) is 0 Å². The minimum absolute atomic E-state index is 0.0746. The lowest BCUT2D eigenvalue weighted by atomic mass is 9.76. The lowest BCUT2D eigenvalue weighted by Gasteiger charge is -2.33. The average Bonchev–Trinajstić information content (AvgIpc) is 3.63. The van der Waals surface area contributed by atoms with Gasteiger partial charge in [-0.25, -0.2) is 4.98 Å². The molecule has 0 aliphatic rings. The van der Waals surface area contributed by atoms with Crippen molar-refractivity contribution < 1.29 is 29.2 Å². The van der Waals surface area contributed by atoms with Gasteiger partial charge in [0.15, 0.2) is 0 Å². The molecular weight excluding hydrogens is 677 g/mol. The first kappa shape index (κ1) is 53.3. The Morgan fingerprint density at radius 2 is 1.56 bits per heavy atom. The molecule has 2 aromatic rings. The summed E-state index contributed by atoms with van der Waals surface area (Å²) >= 11 is 1.26. The van der Waals surface area contributed by atoms with Crippen LogP contribution in [-0.2, 0) is 20.7 Å². The predicted octanol–water partition coefficient (Wildman–Crippen LogP) is 6.47. The van der Waals surface area contributed by atoms with Crippen molar-refractivity contribution in [3.63, 3.8) is 0 Å². The van der Waals surface area contributed by atoms with Crippen molar-refractivity contribution >= 4 is 36.2 Å². The third-order valence-corrected chi connectivity index (χ3v) is 8.52. The number of carbonyl (C=O) groups is 3. The van der Waals surface area contributed by atoms with Gasteiger partial charge in [0.05, 0.1) is 18.5 Å². The number of ether oxygens (including phenoxy) is 1. The number of unbranched alkanes of at least 4 members (excludes halogenated alkanes) is 1. The maximum absolute atomic E-state index is 13.0. The zero-order valence-corrected chi connectivity index (χ0v) is 35.5. The van der Waals surface area contributed by atoms with E-state index in [2.05, 4.69) is 41.4 Å². The molecule has 0 aliphatic carbocycles. The highest BCUT2D eigenvalue weighted by molar-refractivity contribution is 7.09. The molecular formula is C39H72BN5O6S. The first-order valence-electron chi connectivity index (χ1n) is 18.7. The third-order valence-electron chi connectivity index (χ3n) is 7.58. The Morgan fingerprint density at radius 1 is 1.02 bits per heavy atom. The Hall–Kier alpha value is -3.10. The SMILES string of the molecule is C=CC.CC.CC.CCCC.CNC(C(=O)NCC(=O)N(C)C(CC(OC)c1nc(C(=O)N[C@@H](Cc2ccccc2)B(O)O)cs1)C(C)C)C(C)C. The minimum atomic E-state index is -1.75. The number of likely N-dealkylation sites (N-methyl/N-ethyl adjacent to an activating group) is 2. The molecule has 0 aliphatic heterocycles. The molecule has 3 amide bonds. The van der Waals surface area contributed by atoms with Gasteiger partial charge in [0, 0.05) is 32.0 Å². The molecule has 0 radical (unpaired) electrons. The number of hydrogen-bond donors (Lipinski definition) is 5. The van der Waals surface area contributed by atoms with Gasteiger partial charge in [0.25, 0.3) is 5.91 Å². The highest BCUT2D eigenvalue weighted by Gasteiger charge is 2.31. The fourth-order valence-corrected chi connectivity index (χ4v) is 5.51.